The van der Waals surface area contributed by atoms with E-state index in [4.69, 9.17) is 0 Å². The van der Waals surface area contributed by atoms with E-state index in [0.29, 0.717) is 5.69 Å². The molecule has 0 aliphatic carbocycles. The average Bonchev–Trinajstić information content (AvgIpc) is 2.62. The van der Waals surface area contributed by atoms with Crippen LogP contribution >= 0.6 is 0 Å². The Hall–Kier alpha value is -3.28. The van der Waals surface area contributed by atoms with Gasteiger partial charge in [0.1, 0.15) is 5.76 Å². The van der Waals surface area contributed by atoms with Crippen molar-refractivity contribution in [3.63, 3.8) is 0 Å². The fourth-order valence-corrected chi connectivity index (χ4v) is 2.09. The molecular formula is C18H17NO5. The van der Waals surface area contributed by atoms with Gasteiger partial charge in [-0.15, -0.1) is 0 Å². The van der Waals surface area contributed by atoms with Crippen molar-refractivity contribution >= 4 is 29.1 Å². The minimum absolute atomic E-state index is 0.271. The van der Waals surface area contributed by atoms with Crippen LogP contribution in [0.15, 0.2) is 60.2 Å². The molecule has 0 radical (unpaired) electrons. The van der Waals surface area contributed by atoms with E-state index in [0.717, 1.165) is 19.9 Å². The third-order valence-corrected chi connectivity index (χ3v) is 3.25. The Morgan fingerprint density at radius 2 is 1.42 bits per heavy atom. The van der Waals surface area contributed by atoms with Gasteiger partial charge < -0.3 is 19.9 Å². The summed E-state index contributed by atoms with van der Waals surface area (Å²) in [5, 5.41) is 13.6. The van der Waals surface area contributed by atoms with Crippen molar-refractivity contribution in [1.29, 1.82) is 0 Å². The summed E-state index contributed by atoms with van der Waals surface area (Å²) in [6, 6.07) is 16.0. The van der Waals surface area contributed by atoms with Crippen molar-refractivity contribution in [3.05, 3.63) is 65.7 Å². The number of ether oxygens (including phenoxy) is 2. The van der Waals surface area contributed by atoms with E-state index in [1.807, 2.05) is 30.3 Å². The van der Waals surface area contributed by atoms with Gasteiger partial charge in [-0.05, 0) is 24.3 Å². The van der Waals surface area contributed by atoms with Gasteiger partial charge in [0.15, 0.2) is 5.57 Å². The molecule has 0 heterocycles. The maximum atomic E-state index is 11.8. The van der Waals surface area contributed by atoms with E-state index in [1.165, 1.54) is 0 Å². The predicted molar refractivity (Wildman–Crippen MR) is 89.7 cm³/mol. The number of nitrogens with one attached hydrogen (secondary N) is 1. The predicted octanol–water partition coefficient (Wildman–Crippen LogP) is 3.05. The van der Waals surface area contributed by atoms with Crippen LogP contribution in [0.5, 0.6) is 0 Å². The van der Waals surface area contributed by atoms with Crippen LogP contribution in [0, 0.1) is 0 Å². The zero-order chi connectivity index (χ0) is 17.5. The number of aliphatic hydroxyl groups is 1. The first-order chi connectivity index (χ1) is 11.6. The molecule has 2 aromatic rings. The minimum Gasteiger partial charge on any atom is -0.506 e. The van der Waals surface area contributed by atoms with Gasteiger partial charge in [-0.1, -0.05) is 30.3 Å². The first-order valence-electron chi connectivity index (χ1n) is 7.09. The largest absolute Gasteiger partial charge is 0.506 e. The second kappa shape index (κ2) is 7.82. The van der Waals surface area contributed by atoms with E-state index < -0.39 is 23.3 Å². The summed E-state index contributed by atoms with van der Waals surface area (Å²) in [7, 11) is 2.24. The number of hydrogen-bond acceptors (Lipinski definition) is 6. The maximum Gasteiger partial charge on any atom is 0.349 e. The number of esters is 2. The average molecular weight is 327 g/mol. The molecule has 0 fully saturated rings. The highest BCUT2D eigenvalue weighted by Gasteiger charge is 2.27. The van der Waals surface area contributed by atoms with Gasteiger partial charge in [0.05, 0.1) is 14.2 Å². The molecular weight excluding hydrogens is 310 g/mol. The van der Waals surface area contributed by atoms with Crippen molar-refractivity contribution in [3.8, 4) is 0 Å². The third-order valence-electron chi connectivity index (χ3n) is 3.25. The lowest BCUT2D eigenvalue weighted by Crippen LogP contribution is -2.18. The van der Waals surface area contributed by atoms with Crippen molar-refractivity contribution in [2.45, 2.75) is 0 Å². The molecule has 0 atom stereocenters. The van der Waals surface area contributed by atoms with E-state index in [-0.39, 0.29) is 5.56 Å². The highest BCUT2D eigenvalue weighted by Crippen LogP contribution is 2.28. The molecule has 2 aromatic carbocycles. The Morgan fingerprint density at radius 1 is 0.875 bits per heavy atom. The van der Waals surface area contributed by atoms with Gasteiger partial charge in [0.2, 0.25) is 0 Å². The number of hydrogen-bond donors (Lipinski definition) is 2. The lowest BCUT2D eigenvalue weighted by Gasteiger charge is -2.13. The number of benzene rings is 2. The molecule has 124 valence electrons. The molecule has 0 amide bonds. The number of anilines is 2. The van der Waals surface area contributed by atoms with Crippen LogP contribution in [0.3, 0.4) is 0 Å². The Kier molecular flexibility index (Phi) is 5.57. The summed E-state index contributed by atoms with van der Waals surface area (Å²) in [6.07, 6.45) is 0. The van der Waals surface area contributed by atoms with Crippen molar-refractivity contribution in [2.24, 2.45) is 0 Å². The van der Waals surface area contributed by atoms with Gasteiger partial charge in [-0.3, -0.25) is 0 Å². The lowest BCUT2D eigenvalue weighted by molar-refractivity contribution is -0.144. The Balaban J connectivity index is 2.52. The molecule has 2 rings (SSSR count). The first-order valence-corrected chi connectivity index (χ1v) is 7.09. The van der Waals surface area contributed by atoms with Gasteiger partial charge in [-0.2, -0.15) is 0 Å². The molecule has 0 aliphatic heterocycles. The second-order valence-corrected chi connectivity index (χ2v) is 4.74. The van der Waals surface area contributed by atoms with Gasteiger partial charge in [0.25, 0.3) is 0 Å². The second-order valence-electron chi connectivity index (χ2n) is 4.74. The van der Waals surface area contributed by atoms with Crippen molar-refractivity contribution in [1.82, 2.24) is 0 Å². The fourth-order valence-electron chi connectivity index (χ4n) is 2.09. The van der Waals surface area contributed by atoms with Crippen LogP contribution in [-0.4, -0.2) is 31.3 Å². The third kappa shape index (κ3) is 3.73. The van der Waals surface area contributed by atoms with E-state index in [9.17, 15) is 14.7 Å². The quantitative estimate of drug-likeness (QED) is 0.289. The fraction of sp³-hybridized carbons (Fsp3) is 0.111. The zero-order valence-corrected chi connectivity index (χ0v) is 13.3. The SMILES string of the molecule is COC(=O)C(C(=O)OC)=C(O)c1ccccc1Nc1ccccc1. The highest BCUT2D eigenvalue weighted by molar-refractivity contribution is 6.19. The Labute approximate surface area is 139 Å². The summed E-state index contributed by atoms with van der Waals surface area (Å²) in [5.41, 5.74) is 1.01. The Morgan fingerprint density at radius 3 is 2.00 bits per heavy atom. The monoisotopic (exact) mass is 327 g/mol. The molecule has 24 heavy (non-hydrogen) atoms. The summed E-state index contributed by atoms with van der Waals surface area (Å²) in [4.78, 5) is 23.7. The molecule has 0 spiro atoms. The molecule has 0 saturated carbocycles. The summed E-state index contributed by atoms with van der Waals surface area (Å²) in [5.74, 6) is -2.48. The molecule has 2 N–H and O–H groups in total. The van der Waals surface area contributed by atoms with Crippen LogP contribution < -0.4 is 5.32 Å². The summed E-state index contributed by atoms with van der Waals surface area (Å²) >= 11 is 0. The van der Waals surface area contributed by atoms with Gasteiger partial charge in [0, 0.05) is 16.9 Å². The number of carbonyl (C=O) groups excluding carboxylic acids is 2. The molecule has 0 bridgehead atoms. The summed E-state index contributed by atoms with van der Waals surface area (Å²) < 4.78 is 9.12. The minimum atomic E-state index is -0.978. The van der Waals surface area contributed by atoms with Crippen LogP contribution in [0.25, 0.3) is 5.76 Å². The maximum absolute atomic E-state index is 11.8. The van der Waals surface area contributed by atoms with E-state index in [1.54, 1.807) is 24.3 Å². The number of rotatable bonds is 5. The van der Waals surface area contributed by atoms with Gasteiger partial charge >= 0.3 is 11.9 Å². The molecule has 0 aliphatic rings. The van der Waals surface area contributed by atoms with Crippen LogP contribution in [0.2, 0.25) is 0 Å². The first kappa shape index (κ1) is 17.1. The standard InChI is InChI=1S/C18H17NO5/c1-23-17(21)15(18(22)24-2)16(20)13-10-6-7-11-14(13)19-12-8-4-3-5-9-12/h3-11,19-20H,1-2H3. The highest BCUT2D eigenvalue weighted by atomic mass is 16.5. The molecule has 6 heteroatoms. The number of para-hydroxylation sites is 2. The Bertz CT molecular complexity index is 750. The van der Waals surface area contributed by atoms with Crippen LogP contribution in [0.4, 0.5) is 11.4 Å². The molecule has 0 saturated heterocycles. The topological polar surface area (TPSA) is 84.9 Å². The number of methoxy groups -OCH3 is 2. The smallest absolute Gasteiger partial charge is 0.349 e. The van der Waals surface area contributed by atoms with Crippen LogP contribution in [0.1, 0.15) is 5.56 Å². The van der Waals surface area contributed by atoms with E-state index >= 15 is 0 Å². The number of aliphatic hydroxyl groups excluding tert-OH is 1. The van der Waals surface area contributed by atoms with Crippen molar-refractivity contribution < 1.29 is 24.2 Å². The lowest BCUT2D eigenvalue weighted by atomic mass is 10.1. The van der Waals surface area contributed by atoms with Crippen LogP contribution in [-0.2, 0) is 19.1 Å². The molecule has 0 unspecified atom stereocenters. The molecule has 6 nitrogen and oxygen atoms in total. The number of carbonyl (C=O) groups is 2. The molecule has 0 aromatic heterocycles. The normalized spacial score (nSPS) is 9.75. The van der Waals surface area contributed by atoms with E-state index in [2.05, 4.69) is 14.8 Å². The van der Waals surface area contributed by atoms with Crippen molar-refractivity contribution in [2.75, 3.05) is 19.5 Å². The summed E-state index contributed by atoms with van der Waals surface area (Å²) in [6.45, 7) is 0. The van der Waals surface area contributed by atoms with Gasteiger partial charge in [-0.25, -0.2) is 9.59 Å². The zero-order valence-electron chi connectivity index (χ0n) is 13.3.